The minimum Gasteiger partial charge on any atom is -0.338 e. The summed E-state index contributed by atoms with van der Waals surface area (Å²) in [5.41, 5.74) is -0.223. The summed E-state index contributed by atoms with van der Waals surface area (Å²) >= 11 is 0. The Labute approximate surface area is 170 Å². The number of hydrogen-bond donors (Lipinski definition) is 1. The maximum atomic E-state index is 13.0. The zero-order valence-electron chi connectivity index (χ0n) is 16.1. The Morgan fingerprint density at radius 1 is 1.17 bits per heavy atom. The summed E-state index contributed by atoms with van der Waals surface area (Å²) in [6, 6.07) is 1.78. The standard InChI is InChI=1S/C18H23N3O6S2/c1-12-14(10-19)17(20-15(22)9-13-5-8-28(24,25)11-13)29(26,27)16(12)18(23)21-6-3-2-4-7-21/h13H,2-9,11H2,1H3,(H,20,22)/t13-/m0/s1. The van der Waals surface area contributed by atoms with Crippen molar-refractivity contribution in [2.75, 3.05) is 24.6 Å². The van der Waals surface area contributed by atoms with Crippen LogP contribution in [0, 0.1) is 17.2 Å². The van der Waals surface area contributed by atoms with Gasteiger partial charge in [0.05, 0.1) is 17.1 Å². The molecule has 9 nitrogen and oxygen atoms in total. The third-order valence-electron chi connectivity index (χ3n) is 5.48. The maximum absolute atomic E-state index is 13.0. The molecular formula is C18H23N3O6S2. The van der Waals surface area contributed by atoms with Crippen LogP contribution in [0.1, 0.15) is 39.0 Å². The number of rotatable bonds is 4. The molecule has 0 spiro atoms. The van der Waals surface area contributed by atoms with E-state index in [0.29, 0.717) is 19.5 Å². The van der Waals surface area contributed by atoms with Gasteiger partial charge in [0.25, 0.3) is 5.91 Å². The molecule has 1 atom stereocenters. The van der Waals surface area contributed by atoms with Crippen LogP contribution >= 0.6 is 0 Å². The first-order valence-corrected chi connectivity index (χ1v) is 12.8. The Hall–Kier alpha value is -2.19. The summed E-state index contributed by atoms with van der Waals surface area (Å²) in [6.45, 7) is 2.28. The van der Waals surface area contributed by atoms with Gasteiger partial charge in [0.2, 0.25) is 15.7 Å². The summed E-state index contributed by atoms with van der Waals surface area (Å²) in [4.78, 5) is 26.2. The molecule has 3 aliphatic heterocycles. The van der Waals surface area contributed by atoms with Crippen LogP contribution in [-0.4, -0.2) is 58.1 Å². The number of amides is 2. The van der Waals surface area contributed by atoms with Gasteiger partial charge < -0.3 is 10.2 Å². The van der Waals surface area contributed by atoms with Gasteiger partial charge in [-0.15, -0.1) is 0 Å². The molecule has 2 saturated heterocycles. The summed E-state index contributed by atoms with van der Waals surface area (Å²) < 4.78 is 49.1. The number of sulfone groups is 2. The molecule has 1 N–H and O–H groups in total. The summed E-state index contributed by atoms with van der Waals surface area (Å²) in [5.74, 6) is -1.84. The Morgan fingerprint density at radius 2 is 1.83 bits per heavy atom. The average molecular weight is 442 g/mol. The lowest BCUT2D eigenvalue weighted by atomic mass is 10.0. The van der Waals surface area contributed by atoms with Gasteiger partial charge in [-0.1, -0.05) is 0 Å². The zero-order valence-corrected chi connectivity index (χ0v) is 17.7. The van der Waals surface area contributed by atoms with Gasteiger partial charge in [0.15, 0.2) is 14.9 Å². The molecular weight excluding hydrogens is 418 g/mol. The third-order valence-corrected chi connectivity index (χ3v) is 9.18. The molecule has 2 amide bonds. The van der Waals surface area contributed by atoms with E-state index in [1.165, 1.54) is 11.8 Å². The van der Waals surface area contributed by atoms with Crippen molar-refractivity contribution in [2.45, 2.75) is 39.0 Å². The number of piperidine rings is 1. The minimum absolute atomic E-state index is 0.00450. The highest BCUT2D eigenvalue weighted by atomic mass is 32.2. The molecule has 158 valence electrons. The second-order valence-corrected chi connectivity index (χ2v) is 11.7. The second kappa shape index (κ2) is 7.91. The number of carbonyl (C=O) groups excluding carboxylic acids is 2. The van der Waals surface area contributed by atoms with Crippen molar-refractivity contribution in [1.29, 1.82) is 5.26 Å². The minimum atomic E-state index is -4.34. The molecule has 3 rings (SSSR count). The number of nitrogens with one attached hydrogen (secondary N) is 1. The third kappa shape index (κ3) is 4.23. The Kier molecular flexibility index (Phi) is 5.87. The van der Waals surface area contributed by atoms with Crippen molar-refractivity contribution in [2.24, 2.45) is 5.92 Å². The molecule has 2 fully saturated rings. The summed E-state index contributed by atoms with van der Waals surface area (Å²) in [5, 5.41) is 11.1. The molecule has 11 heteroatoms. The van der Waals surface area contributed by atoms with Gasteiger partial charge in [0.1, 0.15) is 11.0 Å². The second-order valence-electron chi connectivity index (χ2n) is 7.65. The van der Waals surface area contributed by atoms with Gasteiger partial charge in [-0.25, -0.2) is 16.8 Å². The number of nitriles is 1. The Balaban J connectivity index is 1.81. The summed E-state index contributed by atoms with van der Waals surface area (Å²) in [7, 11) is -7.51. The van der Waals surface area contributed by atoms with E-state index in [4.69, 9.17) is 0 Å². The van der Waals surface area contributed by atoms with Crippen molar-refractivity contribution in [3.05, 3.63) is 21.1 Å². The van der Waals surface area contributed by atoms with E-state index < -0.39 is 47.3 Å². The fourth-order valence-corrected chi connectivity index (χ4v) is 7.62. The van der Waals surface area contributed by atoms with Crippen LogP contribution in [0.3, 0.4) is 0 Å². The van der Waals surface area contributed by atoms with Crippen LogP contribution in [-0.2, 0) is 29.3 Å². The van der Waals surface area contributed by atoms with Crippen LogP contribution in [0.4, 0.5) is 0 Å². The molecule has 0 aromatic rings. The van der Waals surface area contributed by atoms with Crippen molar-refractivity contribution >= 4 is 31.5 Å². The van der Waals surface area contributed by atoms with E-state index in [-0.39, 0.29) is 29.1 Å². The van der Waals surface area contributed by atoms with Crippen molar-refractivity contribution in [3.63, 3.8) is 0 Å². The van der Waals surface area contributed by atoms with E-state index in [1.807, 2.05) is 0 Å². The molecule has 0 aromatic heterocycles. The summed E-state index contributed by atoms with van der Waals surface area (Å²) in [6.07, 6.45) is 2.71. The molecule has 0 unspecified atom stereocenters. The SMILES string of the molecule is CC1=C(C(=O)N2CCCCC2)S(=O)(=O)C(NC(=O)C[C@@H]2CCS(=O)(=O)C2)=C1C#N. The fraction of sp³-hybridized carbons (Fsp3) is 0.611. The van der Waals surface area contributed by atoms with Crippen LogP contribution in [0.25, 0.3) is 0 Å². The van der Waals surface area contributed by atoms with Gasteiger partial charge >= 0.3 is 0 Å². The smallest absolute Gasteiger partial charge is 0.266 e. The Bertz CT molecular complexity index is 1060. The number of likely N-dealkylation sites (tertiary alicyclic amines) is 1. The lowest BCUT2D eigenvalue weighted by Crippen LogP contribution is -2.39. The predicted molar refractivity (Wildman–Crippen MR) is 104 cm³/mol. The number of nitrogens with zero attached hydrogens (tertiary/aromatic N) is 2. The van der Waals surface area contributed by atoms with E-state index in [1.54, 1.807) is 6.07 Å². The molecule has 0 bridgehead atoms. The first kappa shape index (κ1) is 21.5. The van der Waals surface area contributed by atoms with E-state index in [2.05, 4.69) is 5.32 Å². The van der Waals surface area contributed by atoms with E-state index >= 15 is 0 Å². The zero-order chi connectivity index (χ0) is 21.4. The Morgan fingerprint density at radius 3 is 2.38 bits per heavy atom. The number of allylic oxidation sites excluding steroid dienone is 2. The fourth-order valence-electron chi connectivity index (χ4n) is 3.97. The largest absolute Gasteiger partial charge is 0.338 e. The van der Waals surface area contributed by atoms with Crippen LogP contribution in [0.2, 0.25) is 0 Å². The monoisotopic (exact) mass is 441 g/mol. The quantitative estimate of drug-likeness (QED) is 0.664. The molecule has 0 saturated carbocycles. The van der Waals surface area contributed by atoms with Crippen molar-refractivity contribution < 1.29 is 26.4 Å². The molecule has 0 aliphatic carbocycles. The van der Waals surface area contributed by atoms with Crippen LogP contribution < -0.4 is 5.32 Å². The lowest BCUT2D eigenvalue weighted by molar-refractivity contribution is -0.127. The molecule has 3 heterocycles. The first-order valence-electron chi connectivity index (χ1n) is 9.47. The van der Waals surface area contributed by atoms with E-state index in [0.717, 1.165) is 19.3 Å². The number of carbonyl (C=O) groups is 2. The van der Waals surface area contributed by atoms with Gasteiger partial charge in [-0.3, -0.25) is 9.59 Å². The van der Waals surface area contributed by atoms with Crippen molar-refractivity contribution in [3.8, 4) is 6.07 Å². The maximum Gasteiger partial charge on any atom is 0.266 e. The molecule has 3 aliphatic rings. The molecule has 29 heavy (non-hydrogen) atoms. The first-order chi connectivity index (χ1) is 13.6. The number of hydrogen-bond acceptors (Lipinski definition) is 7. The molecule has 0 aromatic carbocycles. The highest BCUT2D eigenvalue weighted by molar-refractivity contribution is 8.00. The van der Waals surface area contributed by atoms with Gasteiger partial charge in [0, 0.05) is 19.5 Å². The highest BCUT2D eigenvalue weighted by Crippen LogP contribution is 2.36. The highest BCUT2D eigenvalue weighted by Gasteiger charge is 2.43. The van der Waals surface area contributed by atoms with Crippen LogP contribution in [0.15, 0.2) is 21.1 Å². The predicted octanol–water partition coefficient (Wildman–Crippen LogP) is 0.377. The van der Waals surface area contributed by atoms with E-state index in [9.17, 15) is 31.7 Å². The molecule has 0 radical (unpaired) electrons. The van der Waals surface area contributed by atoms with Gasteiger partial charge in [-0.2, -0.15) is 5.26 Å². The van der Waals surface area contributed by atoms with Crippen LogP contribution in [0.5, 0.6) is 0 Å². The normalized spacial score (nSPS) is 25.8. The topological polar surface area (TPSA) is 141 Å². The lowest BCUT2D eigenvalue weighted by Gasteiger charge is -2.27. The van der Waals surface area contributed by atoms with Gasteiger partial charge in [-0.05, 0) is 44.1 Å². The average Bonchev–Trinajstić information content (AvgIpc) is 3.08. The van der Waals surface area contributed by atoms with Crippen molar-refractivity contribution in [1.82, 2.24) is 10.2 Å².